The van der Waals surface area contributed by atoms with E-state index in [2.05, 4.69) is 4.72 Å². The van der Waals surface area contributed by atoms with Crippen molar-refractivity contribution in [2.45, 2.75) is 23.5 Å². The molecule has 5 nitrogen and oxygen atoms in total. The van der Waals surface area contributed by atoms with Crippen molar-refractivity contribution in [3.8, 4) is 0 Å². The first kappa shape index (κ1) is 18.6. The van der Waals surface area contributed by atoms with Gasteiger partial charge in [0.25, 0.3) is 0 Å². The Morgan fingerprint density at radius 3 is 2.38 bits per heavy atom. The fourth-order valence-electron chi connectivity index (χ4n) is 1.32. The summed E-state index contributed by atoms with van der Waals surface area (Å²) < 4.78 is 26.6. The van der Waals surface area contributed by atoms with Crippen LogP contribution in [0, 0.1) is 0 Å². The fraction of sp³-hybridized carbons (Fsp3) is 0.417. The summed E-state index contributed by atoms with van der Waals surface area (Å²) in [5.74, 6) is -1.32. The van der Waals surface area contributed by atoms with E-state index < -0.39 is 16.0 Å². The van der Waals surface area contributed by atoms with Gasteiger partial charge in [-0.25, -0.2) is 17.9 Å². The molecule has 0 fully saturated rings. The molecule has 1 aromatic carbocycles. The first-order chi connectivity index (χ1) is 9.50. The second kappa shape index (κ2) is 6.75. The minimum atomic E-state index is -3.92. The third kappa shape index (κ3) is 4.75. The second-order valence-corrected chi connectivity index (χ2v) is 8.92. The van der Waals surface area contributed by atoms with Crippen LogP contribution in [0.4, 0.5) is 0 Å². The maximum absolute atomic E-state index is 12.3. The van der Waals surface area contributed by atoms with Crippen molar-refractivity contribution in [1.82, 2.24) is 4.72 Å². The van der Waals surface area contributed by atoms with Gasteiger partial charge < -0.3 is 5.11 Å². The van der Waals surface area contributed by atoms with Crippen molar-refractivity contribution in [1.29, 1.82) is 0 Å². The Balaban J connectivity index is 3.20. The Morgan fingerprint density at radius 2 is 1.90 bits per heavy atom. The lowest BCUT2D eigenvalue weighted by atomic mass is 10.2. The molecule has 0 aliphatic rings. The number of sulfonamides is 1. The van der Waals surface area contributed by atoms with Gasteiger partial charge in [-0.1, -0.05) is 23.2 Å². The summed E-state index contributed by atoms with van der Waals surface area (Å²) in [6, 6.07) is 2.07. The van der Waals surface area contributed by atoms with Gasteiger partial charge in [-0.05, 0) is 32.2 Å². The third-order valence-electron chi connectivity index (χ3n) is 2.78. The van der Waals surface area contributed by atoms with Gasteiger partial charge in [0.15, 0.2) is 0 Å². The SMILES string of the molecule is CSC(C)(C)CNS(=O)(=O)c1cc(C(=O)O)c(Cl)cc1Cl. The molecule has 118 valence electrons. The number of halogens is 2. The van der Waals surface area contributed by atoms with Crippen LogP contribution in [-0.4, -0.2) is 37.0 Å². The van der Waals surface area contributed by atoms with Crippen molar-refractivity contribution >= 4 is 51.0 Å². The number of aromatic carboxylic acids is 1. The molecule has 0 unspecified atom stereocenters. The molecule has 9 heteroatoms. The highest BCUT2D eigenvalue weighted by atomic mass is 35.5. The van der Waals surface area contributed by atoms with Gasteiger partial charge in [0.05, 0.1) is 15.6 Å². The van der Waals surface area contributed by atoms with Crippen LogP contribution in [-0.2, 0) is 10.0 Å². The molecule has 0 saturated carbocycles. The zero-order valence-electron chi connectivity index (χ0n) is 11.6. The zero-order chi connectivity index (χ0) is 16.4. The van der Waals surface area contributed by atoms with Gasteiger partial charge >= 0.3 is 5.97 Å². The summed E-state index contributed by atoms with van der Waals surface area (Å²) in [7, 11) is -3.92. The normalized spacial score (nSPS) is 12.4. The van der Waals surface area contributed by atoms with E-state index in [9.17, 15) is 13.2 Å². The van der Waals surface area contributed by atoms with Crippen molar-refractivity contribution < 1.29 is 18.3 Å². The Bertz CT molecular complexity index is 659. The van der Waals surface area contributed by atoms with Gasteiger partial charge in [0.1, 0.15) is 4.90 Å². The molecule has 21 heavy (non-hydrogen) atoms. The van der Waals surface area contributed by atoms with Crippen LogP contribution in [0.1, 0.15) is 24.2 Å². The topological polar surface area (TPSA) is 83.5 Å². The number of carboxylic acids is 1. The minimum absolute atomic E-state index is 0.115. The average molecular weight is 372 g/mol. The summed E-state index contributed by atoms with van der Waals surface area (Å²) in [4.78, 5) is 10.7. The maximum Gasteiger partial charge on any atom is 0.337 e. The Kier molecular flexibility index (Phi) is 5.97. The highest BCUT2D eigenvalue weighted by Gasteiger charge is 2.25. The van der Waals surface area contributed by atoms with Crippen molar-refractivity contribution in [3.05, 3.63) is 27.7 Å². The number of carboxylic acid groups (broad SMARTS) is 1. The number of hydrogen-bond donors (Lipinski definition) is 2. The summed E-state index contributed by atoms with van der Waals surface area (Å²) >= 11 is 13.1. The molecule has 0 spiro atoms. The van der Waals surface area contributed by atoms with Crippen molar-refractivity contribution in [3.63, 3.8) is 0 Å². The van der Waals surface area contributed by atoms with Gasteiger partial charge in [0, 0.05) is 11.3 Å². The number of hydrogen-bond acceptors (Lipinski definition) is 4. The number of carbonyl (C=O) groups is 1. The number of rotatable bonds is 6. The standard InChI is InChI=1S/C12H15Cl2NO4S2/c1-12(2,20-3)6-15-21(18,19)10-4-7(11(16)17)8(13)5-9(10)14/h4-5,15H,6H2,1-3H3,(H,16,17). The van der Waals surface area contributed by atoms with E-state index in [0.29, 0.717) is 0 Å². The van der Waals surface area contributed by atoms with Crippen LogP contribution < -0.4 is 4.72 Å². The van der Waals surface area contributed by atoms with Gasteiger partial charge in [-0.3, -0.25) is 0 Å². The molecule has 0 heterocycles. The summed E-state index contributed by atoms with van der Waals surface area (Å²) in [5.41, 5.74) is -0.314. The highest BCUT2D eigenvalue weighted by molar-refractivity contribution is 8.00. The molecule has 0 radical (unpaired) electrons. The van der Waals surface area contributed by atoms with Crippen LogP contribution in [0.15, 0.2) is 17.0 Å². The summed E-state index contributed by atoms with van der Waals surface area (Å²) in [5, 5.41) is 8.76. The molecule has 2 N–H and O–H groups in total. The Morgan fingerprint density at radius 1 is 1.33 bits per heavy atom. The molecule has 0 aromatic heterocycles. The predicted molar refractivity (Wildman–Crippen MR) is 86.2 cm³/mol. The first-order valence-electron chi connectivity index (χ1n) is 5.77. The molecule has 1 aromatic rings. The monoisotopic (exact) mass is 371 g/mol. The fourth-order valence-corrected chi connectivity index (χ4v) is 3.69. The minimum Gasteiger partial charge on any atom is -0.478 e. The molecular weight excluding hydrogens is 357 g/mol. The molecular formula is C12H15Cl2NO4S2. The molecule has 0 aliphatic carbocycles. The zero-order valence-corrected chi connectivity index (χ0v) is 14.8. The van der Waals surface area contributed by atoms with Gasteiger partial charge in [-0.15, -0.1) is 0 Å². The van der Waals surface area contributed by atoms with E-state index in [1.54, 1.807) is 0 Å². The van der Waals surface area contributed by atoms with Crippen molar-refractivity contribution in [2.75, 3.05) is 12.8 Å². The molecule has 0 atom stereocenters. The molecule has 0 amide bonds. The molecule has 1 rings (SSSR count). The first-order valence-corrected chi connectivity index (χ1v) is 9.24. The average Bonchev–Trinajstić information content (AvgIpc) is 2.36. The predicted octanol–water partition coefficient (Wildman–Crippen LogP) is 3.11. The van der Waals surface area contributed by atoms with Gasteiger partial charge in [0.2, 0.25) is 10.0 Å². The van der Waals surface area contributed by atoms with E-state index in [-0.39, 0.29) is 31.8 Å². The smallest absolute Gasteiger partial charge is 0.337 e. The van der Waals surface area contributed by atoms with E-state index in [4.69, 9.17) is 28.3 Å². The summed E-state index contributed by atoms with van der Waals surface area (Å²) in [6.07, 6.45) is 1.87. The van der Waals surface area contributed by atoms with E-state index in [1.165, 1.54) is 11.8 Å². The van der Waals surface area contributed by atoms with Crippen LogP contribution >= 0.6 is 35.0 Å². The van der Waals surface area contributed by atoms with E-state index in [0.717, 1.165) is 12.1 Å². The Hall–Kier alpha value is -0.470. The molecule has 0 bridgehead atoms. The summed E-state index contributed by atoms with van der Waals surface area (Å²) in [6.45, 7) is 3.94. The number of benzene rings is 1. The van der Waals surface area contributed by atoms with E-state index >= 15 is 0 Å². The lowest BCUT2D eigenvalue weighted by Crippen LogP contribution is -2.36. The van der Waals surface area contributed by atoms with Crippen LogP contribution in [0.2, 0.25) is 10.0 Å². The quantitative estimate of drug-likeness (QED) is 0.802. The largest absolute Gasteiger partial charge is 0.478 e. The number of nitrogens with one attached hydrogen (secondary N) is 1. The van der Waals surface area contributed by atoms with Crippen LogP contribution in [0.5, 0.6) is 0 Å². The van der Waals surface area contributed by atoms with Crippen LogP contribution in [0.25, 0.3) is 0 Å². The van der Waals surface area contributed by atoms with Crippen molar-refractivity contribution in [2.24, 2.45) is 0 Å². The number of thioether (sulfide) groups is 1. The van der Waals surface area contributed by atoms with Gasteiger partial charge in [-0.2, -0.15) is 11.8 Å². The maximum atomic E-state index is 12.3. The second-order valence-electron chi connectivity index (χ2n) is 4.86. The highest BCUT2D eigenvalue weighted by Crippen LogP contribution is 2.29. The van der Waals surface area contributed by atoms with Crippen LogP contribution in [0.3, 0.4) is 0 Å². The Labute approximate surface area is 138 Å². The molecule has 0 saturated heterocycles. The lowest BCUT2D eigenvalue weighted by molar-refractivity contribution is 0.0697. The third-order valence-corrected chi connectivity index (χ3v) is 6.21. The molecule has 0 aliphatic heterocycles. The van der Waals surface area contributed by atoms with E-state index in [1.807, 2.05) is 20.1 Å². The lowest BCUT2D eigenvalue weighted by Gasteiger charge is -2.22.